The highest BCUT2D eigenvalue weighted by molar-refractivity contribution is 5.69. The van der Waals surface area contributed by atoms with Gasteiger partial charge in [-0.25, -0.2) is 27.5 Å². The lowest BCUT2D eigenvalue weighted by Gasteiger charge is -2.24. The van der Waals surface area contributed by atoms with Crippen LogP contribution in [0.15, 0.2) is 30.3 Å². The van der Waals surface area contributed by atoms with E-state index in [1.165, 1.54) is 0 Å². The second kappa shape index (κ2) is 18.7. The summed E-state index contributed by atoms with van der Waals surface area (Å²) in [7, 11) is 0. The molecule has 2 heterocycles. The highest BCUT2D eigenvalue weighted by Gasteiger charge is 2.36. The Balaban J connectivity index is 0.000000487. The van der Waals surface area contributed by atoms with Gasteiger partial charge in [0.25, 0.3) is 0 Å². The number of ether oxygens (including phenoxy) is 3. The van der Waals surface area contributed by atoms with E-state index in [1.807, 2.05) is 51.1 Å². The molecule has 1 aromatic carbocycles. The summed E-state index contributed by atoms with van der Waals surface area (Å²) in [6, 6.07) is 9.03. The molecular weight excluding hydrogens is 576 g/mol. The van der Waals surface area contributed by atoms with Crippen molar-refractivity contribution in [3.63, 3.8) is 0 Å². The molecule has 1 aromatic rings. The molecule has 0 saturated carbocycles. The Labute approximate surface area is 269 Å². The quantitative estimate of drug-likeness (QED) is 0.256. The van der Waals surface area contributed by atoms with E-state index in [9.17, 15) is 14.4 Å². The fourth-order valence-corrected chi connectivity index (χ4v) is 4.85. The molecule has 0 radical (unpaired) electrons. The molecule has 3 N–H and O–H groups in total. The molecule has 0 spiro atoms. The lowest BCUT2D eigenvalue weighted by atomic mass is 9.99. The van der Waals surface area contributed by atoms with Gasteiger partial charge >= 0.3 is 18.3 Å². The van der Waals surface area contributed by atoms with Gasteiger partial charge in [-0.05, 0) is 66.5 Å². The molecule has 45 heavy (non-hydrogen) atoms. The van der Waals surface area contributed by atoms with Crippen LogP contribution in [0.1, 0.15) is 67.4 Å². The minimum Gasteiger partial charge on any atom is -0.445 e. The molecule has 250 valence electrons. The van der Waals surface area contributed by atoms with E-state index in [0.29, 0.717) is 32.0 Å². The van der Waals surface area contributed by atoms with Crippen molar-refractivity contribution < 1.29 is 28.6 Å². The van der Waals surface area contributed by atoms with E-state index >= 15 is 0 Å². The molecule has 4 atom stereocenters. The fraction of sp³-hybridized carbons (Fsp3) is 0.667. The van der Waals surface area contributed by atoms with Crippen LogP contribution in [-0.4, -0.2) is 85.7 Å². The smallest absolute Gasteiger partial charge is 0.410 e. The molecule has 0 aliphatic carbocycles. The van der Waals surface area contributed by atoms with Crippen LogP contribution in [-0.2, 0) is 20.8 Å². The number of likely N-dealkylation sites (tertiary alicyclic amines) is 1. The summed E-state index contributed by atoms with van der Waals surface area (Å²) in [5.74, 6) is 0.326. The summed E-state index contributed by atoms with van der Waals surface area (Å²) in [4.78, 5) is 44.4. The predicted octanol–water partition coefficient (Wildman–Crippen LogP) is 5.50. The Hall–Kier alpha value is -4.03. The number of hydrogen-bond acceptors (Lipinski definition) is 7. The largest absolute Gasteiger partial charge is 0.445 e. The summed E-state index contributed by atoms with van der Waals surface area (Å²) in [6.07, 6.45) is 0.353. The van der Waals surface area contributed by atoms with Crippen LogP contribution >= 0.6 is 0 Å². The lowest BCUT2D eigenvalue weighted by molar-refractivity contribution is 0.0480. The van der Waals surface area contributed by atoms with Gasteiger partial charge in [-0.3, -0.25) is 0 Å². The Bertz CT molecular complexity index is 1150. The normalized spacial score (nSPS) is 18.8. The van der Waals surface area contributed by atoms with Gasteiger partial charge in [0.1, 0.15) is 29.9 Å². The number of carbonyl (C=O) groups is 3. The third-order valence-corrected chi connectivity index (χ3v) is 6.90. The van der Waals surface area contributed by atoms with Crippen molar-refractivity contribution in [3.8, 4) is 0 Å². The number of benzene rings is 1. The van der Waals surface area contributed by atoms with Gasteiger partial charge in [0.2, 0.25) is 13.1 Å². The molecule has 2 saturated heterocycles. The predicted molar refractivity (Wildman–Crippen MR) is 173 cm³/mol. The highest BCUT2D eigenvalue weighted by atomic mass is 16.6. The average Bonchev–Trinajstić information content (AvgIpc) is 3.63. The van der Waals surface area contributed by atoms with Gasteiger partial charge < -0.3 is 44.8 Å². The maximum Gasteiger partial charge on any atom is 0.410 e. The van der Waals surface area contributed by atoms with E-state index < -0.39 is 23.4 Å². The standard InChI is InChI=1S/C20H27N3O4.C12H21N3O2.CH4/c1-20(2,3)27-18(24)22-17(12-21-4)16-10-11-23(13-16)19(25)26-14-15-8-6-5-7-9-15;1-12(2,3)17-11(16)15-10(8-13-4)9-5-6-14-7-9;/h5-9,16-17H,10-14H2,1-3H3,(H,22,24);9-10,14H,5-8H2,1-3H3,(H,15,16);1H4. The summed E-state index contributed by atoms with van der Waals surface area (Å²) >= 11 is 0. The molecule has 2 fully saturated rings. The molecule has 4 unspecified atom stereocenters. The van der Waals surface area contributed by atoms with Crippen LogP contribution in [0.5, 0.6) is 0 Å². The van der Waals surface area contributed by atoms with Crippen LogP contribution in [0.3, 0.4) is 0 Å². The van der Waals surface area contributed by atoms with Gasteiger partial charge in [-0.15, -0.1) is 0 Å². The van der Waals surface area contributed by atoms with Crippen molar-refractivity contribution >= 4 is 18.3 Å². The van der Waals surface area contributed by atoms with Crippen LogP contribution in [0.2, 0.25) is 0 Å². The van der Waals surface area contributed by atoms with Crippen LogP contribution in [0, 0.1) is 25.0 Å². The molecule has 2 aliphatic heterocycles. The number of amides is 3. The van der Waals surface area contributed by atoms with Crippen LogP contribution in [0.25, 0.3) is 9.69 Å². The number of nitrogens with zero attached hydrogens (tertiary/aromatic N) is 3. The van der Waals surface area contributed by atoms with Crippen LogP contribution < -0.4 is 16.0 Å². The van der Waals surface area contributed by atoms with Crippen molar-refractivity contribution in [2.24, 2.45) is 11.8 Å². The Morgan fingerprint density at radius 1 is 0.911 bits per heavy atom. The highest BCUT2D eigenvalue weighted by Crippen LogP contribution is 2.22. The summed E-state index contributed by atoms with van der Waals surface area (Å²) in [6.45, 7) is 28.4. The molecule has 3 rings (SSSR count). The zero-order valence-corrected chi connectivity index (χ0v) is 26.9. The fourth-order valence-electron chi connectivity index (χ4n) is 4.85. The number of carbonyl (C=O) groups excluding carboxylic acids is 3. The van der Waals surface area contributed by atoms with E-state index in [0.717, 1.165) is 25.1 Å². The molecule has 0 aromatic heterocycles. The van der Waals surface area contributed by atoms with Crippen molar-refractivity contribution in [1.82, 2.24) is 20.9 Å². The first-order valence-electron chi connectivity index (χ1n) is 15.0. The number of alkyl carbamates (subject to hydrolysis) is 2. The molecular formula is C33H52N6O6. The van der Waals surface area contributed by atoms with Gasteiger partial charge in [0.15, 0.2) is 0 Å². The molecule has 12 nitrogen and oxygen atoms in total. The zero-order valence-electron chi connectivity index (χ0n) is 26.9. The SMILES string of the molecule is C.[C-]#[N+]CC(NC(=O)OC(C)(C)C)C1CCN(C(=O)OCc2ccccc2)C1.[C-]#[N+]CC(NC(=O)OC(C)(C)C)C1CCNC1. The summed E-state index contributed by atoms with van der Waals surface area (Å²) < 4.78 is 15.8. The van der Waals surface area contributed by atoms with E-state index in [1.54, 1.807) is 25.7 Å². The maximum atomic E-state index is 12.3. The number of nitrogens with one attached hydrogen (secondary N) is 3. The zero-order chi connectivity index (χ0) is 32.8. The Morgan fingerprint density at radius 2 is 1.44 bits per heavy atom. The number of rotatable bonds is 8. The average molecular weight is 629 g/mol. The van der Waals surface area contributed by atoms with E-state index in [4.69, 9.17) is 27.4 Å². The first-order valence-corrected chi connectivity index (χ1v) is 15.0. The topological polar surface area (TPSA) is 127 Å². The van der Waals surface area contributed by atoms with Crippen LogP contribution in [0.4, 0.5) is 14.4 Å². The Kier molecular flexibility index (Phi) is 16.2. The summed E-state index contributed by atoms with van der Waals surface area (Å²) in [5.41, 5.74) is -0.171. The maximum absolute atomic E-state index is 12.3. The van der Waals surface area contributed by atoms with Gasteiger partial charge in [0, 0.05) is 31.5 Å². The molecule has 3 amide bonds. The van der Waals surface area contributed by atoms with Crippen molar-refractivity contribution in [2.75, 3.05) is 39.3 Å². The summed E-state index contributed by atoms with van der Waals surface area (Å²) in [5, 5.41) is 8.82. The monoisotopic (exact) mass is 628 g/mol. The van der Waals surface area contributed by atoms with Gasteiger partial charge in [-0.2, -0.15) is 0 Å². The van der Waals surface area contributed by atoms with E-state index in [2.05, 4.69) is 25.6 Å². The van der Waals surface area contributed by atoms with Crippen molar-refractivity contribution in [3.05, 3.63) is 58.7 Å². The van der Waals surface area contributed by atoms with Crippen molar-refractivity contribution in [1.29, 1.82) is 0 Å². The second-order valence-electron chi connectivity index (χ2n) is 13.0. The number of hydrogen-bond donors (Lipinski definition) is 3. The van der Waals surface area contributed by atoms with Gasteiger partial charge in [0.05, 0.1) is 0 Å². The third kappa shape index (κ3) is 15.5. The molecule has 2 aliphatic rings. The first-order chi connectivity index (χ1) is 20.7. The second-order valence-corrected chi connectivity index (χ2v) is 13.0. The molecule has 12 heteroatoms. The first kappa shape index (κ1) is 39.0. The minimum atomic E-state index is -0.601. The van der Waals surface area contributed by atoms with E-state index in [-0.39, 0.29) is 44.7 Å². The third-order valence-electron chi connectivity index (χ3n) is 6.90. The van der Waals surface area contributed by atoms with Crippen molar-refractivity contribution in [2.45, 2.75) is 91.7 Å². The Morgan fingerprint density at radius 3 is 1.91 bits per heavy atom. The molecule has 0 bridgehead atoms. The van der Waals surface area contributed by atoms with Gasteiger partial charge in [-0.1, -0.05) is 37.8 Å². The minimum absolute atomic E-state index is 0. The lowest BCUT2D eigenvalue weighted by Crippen LogP contribution is -2.45.